The molecular formula is C30H40N4O3. The van der Waals surface area contributed by atoms with Gasteiger partial charge in [0.05, 0.1) is 24.9 Å². The van der Waals surface area contributed by atoms with E-state index in [0.29, 0.717) is 25.7 Å². The first-order valence-electron chi connectivity index (χ1n) is 13.7. The number of aliphatic hydroxyl groups is 1. The van der Waals surface area contributed by atoms with Gasteiger partial charge in [-0.15, -0.1) is 0 Å². The van der Waals surface area contributed by atoms with Crippen molar-refractivity contribution in [2.45, 2.75) is 51.9 Å². The van der Waals surface area contributed by atoms with E-state index in [0.717, 1.165) is 74.9 Å². The zero-order chi connectivity index (χ0) is 25.6. The normalized spacial score (nSPS) is 18.1. The largest absolute Gasteiger partial charge is 0.390 e. The minimum atomic E-state index is -0.433. The molecule has 0 bridgehead atoms. The molecule has 1 fully saturated rings. The predicted octanol–water partition coefficient (Wildman–Crippen LogP) is 4.20. The number of β-amino-alcohol motifs (C(OH)–C–C–N with tert-alkyl or cyclic N) is 1. The zero-order valence-corrected chi connectivity index (χ0v) is 22.2. The number of ether oxygens (including phenoxy) is 1. The summed E-state index contributed by atoms with van der Waals surface area (Å²) in [5.41, 5.74) is 5.81. The van der Waals surface area contributed by atoms with Crippen LogP contribution in [0.3, 0.4) is 0 Å². The van der Waals surface area contributed by atoms with Crippen LogP contribution in [0.15, 0.2) is 59.1 Å². The molecule has 2 aromatic carbocycles. The Morgan fingerprint density at radius 3 is 2.49 bits per heavy atom. The lowest BCUT2D eigenvalue weighted by Crippen LogP contribution is -2.46. The minimum Gasteiger partial charge on any atom is -0.390 e. The van der Waals surface area contributed by atoms with Crippen molar-refractivity contribution in [3.05, 3.63) is 71.3 Å². The number of rotatable bonds is 10. The Kier molecular flexibility index (Phi) is 8.56. The third kappa shape index (κ3) is 6.24. The average molecular weight is 505 g/mol. The molecular weight excluding hydrogens is 464 g/mol. The number of anilines is 1. The van der Waals surface area contributed by atoms with E-state index in [1.807, 2.05) is 18.2 Å². The van der Waals surface area contributed by atoms with Gasteiger partial charge in [0.25, 0.3) is 0 Å². The topological polar surface area (TPSA) is 65.2 Å². The molecule has 7 heteroatoms. The lowest BCUT2D eigenvalue weighted by atomic mass is 9.99. The molecule has 2 aliphatic rings. The van der Waals surface area contributed by atoms with Gasteiger partial charge in [-0.25, -0.2) is 0 Å². The van der Waals surface area contributed by atoms with E-state index in [1.54, 1.807) is 0 Å². The van der Waals surface area contributed by atoms with Crippen LogP contribution in [-0.2, 0) is 24.2 Å². The number of nitrogens with zero attached hydrogens (tertiary/aromatic N) is 4. The van der Waals surface area contributed by atoms with E-state index < -0.39 is 6.10 Å². The molecule has 1 aromatic heterocycles. The molecule has 0 amide bonds. The van der Waals surface area contributed by atoms with Crippen LogP contribution >= 0.6 is 0 Å². The van der Waals surface area contributed by atoms with Gasteiger partial charge in [0.15, 0.2) is 0 Å². The molecule has 1 N–H and O–H groups in total. The molecule has 0 radical (unpaired) electrons. The van der Waals surface area contributed by atoms with Gasteiger partial charge in [-0.2, -0.15) is 0 Å². The molecule has 5 rings (SSSR count). The Balaban J connectivity index is 1.41. The van der Waals surface area contributed by atoms with Crippen molar-refractivity contribution >= 4 is 5.88 Å². The van der Waals surface area contributed by atoms with Crippen LogP contribution in [0.2, 0.25) is 0 Å². The highest BCUT2D eigenvalue weighted by Crippen LogP contribution is 2.35. The molecule has 2 unspecified atom stereocenters. The van der Waals surface area contributed by atoms with Gasteiger partial charge in [0.1, 0.15) is 5.69 Å². The van der Waals surface area contributed by atoms with Crippen molar-refractivity contribution in [1.29, 1.82) is 0 Å². The summed E-state index contributed by atoms with van der Waals surface area (Å²) in [5.74, 6) is 0.851. The summed E-state index contributed by atoms with van der Waals surface area (Å²) in [5, 5.41) is 15.7. The zero-order valence-electron chi connectivity index (χ0n) is 22.2. The maximum absolute atomic E-state index is 11.1. The maximum atomic E-state index is 11.1. The van der Waals surface area contributed by atoms with E-state index in [4.69, 9.17) is 9.26 Å². The van der Waals surface area contributed by atoms with Crippen molar-refractivity contribution in [2.75, 3.05) is 50.8 Å². The second-order valence-electron chi connectivity index (χ2n) is 10.4. The fourth-order valence-electron chi connectivity index (χ4n) is 5.46. The fraction of sp³-hybridized carbons (Fsp3) is 0.500. The van der Waals surface area contributed by atoms with E-state index >= 15 is 0 Å². The first kappa shape index (κ1) is 25.9. The van der Waals surface area contributed by atoms with Crippen molar-refractivity contribution < 1.29 is 14.4 Å². The molecule has 0 saturated carbocycles. The standard InChI is InChI=1S/C30H40N4O3/c1-3-23(2)34(21-27(35)20-32-15-17-36-18-16-32)22-28-29(25-10-5-4-6-11-25)31-37-30(28)33-14-13-24-9-7-8-12-26(24)19-33/h4-12,23,27,35H,3,13-22H2,1-2H3. The molecule has 0 spiro atoms. The van der Waals surface area contributed by atoms with Gasteiger partial charge in [-0.1, -0.05) is 66.7 Å². The van der Waals surface area contributed by atoms with Crippen molar-refractivity contribution in [3.63, 3.8) is 0 Å². The Hall–Kier alpha value is -2.71. The third-order valence-corrected chi connectivity index (χ3v) is 7.83. The highest BCUT2D eigenvalue weighted by molar-refractivity contribution is 5.68. The van der Waals surface area contributed by atoms with Crippen molar-refractivity contribution in [2.24, 2.45) is 0 Å². The number of aliphatic hydroxyl groups excluding tert-OH is 1. The average Bonchev–Trinajstić information content (AvgIpc) is 3.36. The number of fused-ring (bicyclic) bond motifs is 1. The quantitative estimate of drug-likeness (QED) is 0.444. The highest BCUT2D eigenvalue weighted by atomic mass is 16.5. The second kappa shape index (κ2) is 12.2. The van der Waals surface area contributed by atoms with E-state index in [9.17, 15) is 5.11 Å². The first-order chi connectivity index (χ1) is 18.1. The number of benzene rings is 2. The number of morpholine rings is 1. The van der Waals surface area contributed by atoms with Crippen LogP contribution in [0.4, 0.5) is 5.88 Å². The van der Waals surface area contributed by atoms with Crippen LogP contribution in [-0.4, -0.2) is 78.1 Å². The molecule has 3 heterocycles. The van der Waals surface area contributed by atoms with Crippen LogP contribution in [0.25, 0.3) is 11.3 Å². The van der Waals surface area contributed by atoms with Gasteiger partial charge in [-0.05, 0) is 30.9 Å². The Labute approximate surface area is 220 Å². The Morgan fingerprint density at radius 2 is 1.73 bits per heavy atom. The fourth-order valence-corrected chi connectivity index (χ4v) is 5.46. The molecule has 2 aliphatic heterocycles. The molecule has 37 heavy (non-hydrogen) atoms. The SMILES string of the molecule is CCC(C)N(Cc1c(-c2ccccc2)noc1N1CCc2ccccc2C1)CC(O)CN1CCOCC1. The van der Waals surface area contributed by atoms with Crippen LogP contribution in [0.1, 0.15) is 37.0 Å². The molecule has 0 aliphatic carbocycles. The minimum absolute atomic E-state index is 0.313. The van der Waals surface area contributed by atoms with Crippen LogP contribution < -0.4 is 4.90 Å². The summed E-state index contributed by atoms with van der Waals surface area (Å²) in [6, 6.07) is 19.3. The Bertz CT molecular complexity index is 1130. The molecule has 198 valence electrons. The van der Waals surface area contributed by atoms with E-state index in [1.165, 1.54) is 11.1 Å². The van der Waals surface area contributed by atoms with E-state index in [-0.39, 0.29) is 0 Å². The summed E-state index contributed by atoms with van der Waals surface area (Å²) >= 11 is 0. The van der Waals surface area contributed by atoms with E-state index in [2.05, 4.69) is 70.1 Å². The summed E-state index contributed by atoms with van der Waals surface area (Å²) in [6.45, 7) is 11.4. The van der Waals surface area contributed by atoms with Crippen molar-refractivity contribution in [3.8, 4) is 11.3 Å². The third-order valence-electron chi connectivity index (χ3n) is 7.83. The lowest BCUT2D eigenvalue weighted by Gasteiger charge is -2.34. The molecule has 7 nitrogen and oxygen atoms in total. The van der Waals surface area contributed by atoms with Gasteiger partial charge >= 0.3 is 0 Å². The van der Waals surface area contributed by atoms with Gasteiger partial charge in [0.2, 0.25) is 5.88 Å². The van der Waals surface area contributed by atoms with Crippen LogP contribution in [0, 0.1) is 0 Å². The lowest BCUT2D eigenvalue weighted by molar-refractivity contribution is 0.00253. The van der Waals surface area contributed by atoms with Gasteiger partial charge in [0, 0.05) is 57.4 Å². The van der Waals surface area contributed by atoms with Crippen LogP contribution in [0.5, 0.6) is 0 Å². The van der Waals surface area contributed by atoms with Gasteiger partial charge in [-0.3, -0.25) is 9.80 Å². The number of aromatic nitrogens is 1. The predicted molar refractivity (Wildman–Crippen MR) is 147 cm³/mol. The summed E-state index contributed by atoms with van der Waals surface area (Å²) in [7, 11) is 0. The smallest absolute Gasteiger partial charge is 0.232 e. The second-order valence-corrected chi connectivity index (χ2v) is 10.4. The molecule has 3 aromatic rings. The first-order valence-corrected chi connectivity index (χ1v) is 13.7. The van der Waals surface area contributed by atoms with Crippen molar-refractivity contribution in [1.82, 2.24) is 15.0 Å². The summed E-state index contributed by atoms with van der Waals surface area (Å²) in [6.07, 6.45) is 1.56. The molecule has 2 atom stereocenters. The Morgan fingerprint density at radius 1 is 1.00 bits per heavy atom. The maximum Gasteiger partial charge on any atom is 0.232 e. The molecule has 1 saturated heterocycles. The monoisotopic (exact) mass is 504 g/mol. The number of hydrogen-bond donors (Lipinski definition) is 1. The number of hydrogen-bond acceptors (Lipinski definition) is 7. The summed E-state index contributed by atoms with van der Waals surface area (Å²) in [4.78, 5) is 7.02. The highest BCUT2D eigenvalue weighted by Gasteiger charge is 2.29. The summed E-state index contributed by atoms with van der Waals surface area (Å²) < 4.78 is 11.6. The van der Waals surface area contributed by atoms with Gasteiger partial charge < -0.3 is 19.3 Å².